The summed E-state index contributed by atoms with van der Waals surface area (Å²) in [5.41, 5.74) is 2.78. The van der Waals surface area contributed by atoms with Crippen LogP contribution < -0.4 is 15.6 Å². The van der Waals surface area contributed by atoms with Crippen LogP contribution >= 0.6 is 11.3 Å². The second-order valence-corrected chi connectivity index (χ2v) is 9.03. The summed E-state index contributed by atoms with van der Waals surface area (Å²) >= 11 is 1.37. The van der Waals surface area contributed by atoms with Gasteiger partial charge in [-0.1, -0.05) is 12.1 Å². The Balaban J connectivity index is 1.35. The minimum Gasteiger partial charge on any atom is -0.439 e. The van der Waals surface area contributed by atoms with E-state index in [1.54, 1.807) is 12.1 Å². The molecule has 8 nitrogen and oxygen atoms in total. The lowest BCUT2D eigenvalue weighted by molar-refractivity contribution is 0.0383. The standard InChI is InChI=1S/C24H27N3O5S/c28-20-15-21(27-8-12-31-13-9-27)32-22-19(16-33-23(20)22)17-2-1-3-18(14-17)24(29)25-4-5-26-6-10-30-11-7-26/h1-3,14-16H,4-13H2,(H,25,29). The molecule has 0 saturated carbocycles. The van der Waals surface area contributed by atoms with E-state index in [1.807, 2.05) is 28.5 Å². The van der Waals surface area contributed by atoms with E-state index < -0.39 is 0 Å². The molecule has 174 valence electrons. The van der Waals surface area contributed by atoms with E-state index in [9.17, 15) is 9.59 Å². The van der Waals surface area contributed by atoms with Crippen molar-refractivity contribution in [2.24, 2.45) is 0 Å². The van der Waals surface area contributed by atoms with E-state index in [4.69, 9.17) is 13.9 Å². The van der Waals surface area contributed by atoms with Crippen LogP contribution in [0.2, 0.25) is 0 Å². The Morgan fingerprint density at radius 1 is 1.03 bits per heavy atom. The fraction of sp³-hybridized carbons (Fsp3) is 0.417. The number of anilines is 1. The fourth-order valence-electron chi connectivity index (χ4n) is 4.15. The van der Waals surface area contributed by atoms with E-state index in [-0.39, 0.29) is 11.3 Å². The van der Waals surface area contributed by atoms with Crippen molar-refractivity contribution in [3.8, 4) is 11.1 Å². The van der Waals surface area contributed by atoms with Gasteiger partial charge in [-0.3, -0.25) is 14.5 Å². The number of amides is 1. The second-order valence-electron chi connectivity index (χ2n) is 8.15. The molecule has 3 aromatic rings. The zero-order chi connectivity index (χ0) is 22.6. The lowest BCUT2D eigenvalue weighted by Crippen LogP contribution is -2.41. The molecule has 0 bridgehead atoms. The number of thiophene rings is 1. The van der Waals surface area contributed by atoms with Crippen LogP contribution in [-0.2, 0) is 9.47 Å². The summed E-state index contributed by atoms with van der Waals surface area (Å²) in [4.78, 5) is 29.8. The Kier molecular flexibility index (Phi) is 6.73. The van der Waals surface area contributed by atoms with Gasteiger partial charge in [-0.05, 0) is 17.7 Å². The third-order valence-electron chi connectivity index (χ3n) is 6.01. The molecule has 4 heterocycles. The summed E-state index contributed by atoms with van der Waals surface area (Å²) in [5, 5.41) is 4.93. The molecule has 1 aromatic carbocycles. The topological polar surface area (TPSA) is 84.3 Å². The molecule has 0 spiro atoms. The normalized spacial score (nSPS) is 17.4. The highest BCUT2D eigenvalue weighted by atomic mass is 32.1. The predicted molar refractivity (Wildman–Crippen MR) is 128 cm³/mol. The summed E-state index contributed by atoms with van der Waals surface area (Å²) < 4.78 is 17.6. The van der Waals surface area contributed by atoms with Crippen LogP contribution in [0.4, 0.5) is 5.88 Å². The Labute approximate surface area is 195 Å². The molecule has 2 aliphatic rings. The highest BCUT2D eigenvalue weighted by Gasteiger charge is 2.19. The number of hydrogen-bond acceptors (Lipinski definition) is 8. The summed E-state index contributed by atoms with van der Waals surface area (Å²) in [5.74, 6) is 0.451. The number of carbonyl (C=O) groups excluding carboxylic acids is 1. The quantitative estimate of drug-likeness (QED) is 0.594. The summed E-state index contributed by atoms with van der Waals surface area (Å²) in [6, 6.07) is 9.02. The number of hydrogen-bond donors (Lipinski definition) is 1. The highest BCUT2D eigenvalue weighted by Crippen LogP contribution is 2.35. The third-order valence-corrected chi connectivity index (χ3v) is 6.98. The molecule has 33 heavy (non-hydrogen) atoms. The van der Waals surface area contributed by atoms with Crippen LogP contribution in [0.3, 0.4) is 0 Å². The van der Waals surface area contributed by atoms with Gasteiger partial charge in [0.25, 0.3) is 5.91 Å². The van der Waals surface area contributed by atoms with Crippen molar-refractivity contribution in [3.63, 3.8) is 0 Å². The third kappa shape index (κ3) is 4.96. The first-order valence-corrected chi connectivity index (χ1v) is 12.1. The number of ether oxygens (including phenoxy) is 2. The molecule has 9 heteroatoms. The molecular weight excluding hydrogens is 442 g/mol. The van der Waals surface area contributed by atoms with Crippen LogP contribution in [0.15, 0.2) is 44.9 Å². The van der Waals surface area contributed by atoms with Crippen LogP contribution in [0.1, 0.15) is 10.4 Å². The van der Waals surface area contributed by atoms with Crippen molar-refractivity contribution in [2.75, 3.05) is 70.6 Å². The number of nitrogens with one attached hydrogen (secondary N) is 1. The van der Waals surface area contributed by atoms with Gasteiger partial charge in [0.1, 0.15) is 4.70 Å². The predicted octanol–water partition coefficient (Wildman–Crippen LogP) is 2.42. The first-order valence-electron chi connectivity index (χ1n) is 11.3. The maximum atomic E-state index is 12.7. The zero-order valence-electron chi connectivity index (χ0n) is 18.4. The summed E-state index contributed by atoms with van der Waals surface area (Å²) in [6.45, 7) is 7.27. The maximum Gasteiger partial charge on any atom is 0.251 e. The highest BCUT2D eigenvalue weighted by molar-refractivity contribution is 7.17. The number of fused-ring (bicyclic) bond motifs is 1. The van der Waals surface area contributed by atoms with Gasteiger partial charge < -0.3 is 24.1 Å². The number of nitrogens with zero attached hydrogens (tertiary/aromatic N) is 2. The fourth-order valence-corrected chi connectivity index (χ4v) is 5.06. The van der Waals surface area contributed by atoms with E-state index in [0.717, 1.165) is 44.0 Å². The molecule has 2 fully saturated rings. The van der Waals surface area contributed by atoms with Crippen LogP contribution in [0.5, 0.6) is 0 Å². The SMILES string of the molecule is O=C(NCCN1CCOCC1)c1cccc(-c2csc3c(=O)cc(N4CCOCC4)oc23)c1. The Hall–Kier alpha value is -2.72. The smallest absolute Gasteiger partial charge is 0.251 e. The first-order chi connectivity index (χ1) is 16.2. The number of morpholine rings is 2. The van der Waals surface area contributed by atoms with Gasteiger partial charge in [0, 0.05) is 61.8 Å². The van der Waals surface area contributed by atoms with Crippen LogP contribution in [-0.4, -0.2) is 76.5 Å². The molecule has 0 aliphatic carbocycles. The summed E-state index contributed by atoms with van der Waals surface area (Å²) in [6.07, 6.45) is 0. The lowest BCUT2D eigenvalue weighted by Gasteiger charge is -2.27. The van der Waals surface area contributed by atoms with Gasteiger partial charge >= 0.3 is 0 Å². The molecule has 2 aromatic heterocycles. The van der Waals surface area contributed by atoms with E-state index in [0.29, 0.717) is 54.6 Å². The van der Waals surface area contributed by atoms with Gasteiger partial charge in [0.2, 0.25) is 5.43 Å². The van der Waals surface area contributed by atoms with Crippen molar-refractivity contribution < 1.29 is 18.7 Å². The van der Waals surface area contributed by atoms with Crippen molar-refractivity contribution in [1.82, 2.24) is 10.2 Å². The molecule has 1 N–H and O–H groups in total. The number of benzene rings is 1. The van der Waals surface area contributed by atoms with Crippen molar-refractivity contribution in [2.45, 2.75) is 0 Å². The van der Waals surface area contributed by atoms with Gasteiger partial charge in [0.05, 0.1) is 26.4 Å². The first kappa shape index (κ1) is 22.1. The number of rotatable bonds is 6. The molecule has 0 atom stereocenters. The Morgan fingerprint density at radius 2 is 1.79 bits per heavy atom. The second kappa shape index (κ2) is 10.0. The van der Waals surface area contributed by atoms with E-state index >= 15 is 0 Å². The molecule has 0 radical (unpaired) electrons. The summed E-state index contributed by atoms with van der Waals surface area (Å²) in [7, 11) is 0. The van der Waals surface area contributed by atoms with E-state index in [1.165, 1.54) is 11.3 Å². The number of carbonyl (C=O) groups is 1. The van der Waals surface area contributed by atoms with E-state index in [2.05, 4.69) is 10.2 Å². The minimum atomic E-state index is -0.111. The van der Waals surface area contributed by atoms with Crippen molar-refractivity contribution >= 4 is 33.4 Å². The molecular formula is C24H27N3O5S. The van der Waals surface area contributed by atoms with Gasteiger partial charge in [-0.15, -0.1) is 11.3 Å². The average molecular weight is 470 g/mol. The molecule has 0 unspecified atom stereocenters. The minimum absolute atomic E-state index is 0.0500. The van der Waals surface area contributed by atoms with Crippen molar-refractivity contribution in [1.29, 1.82) is 0 Å². The van der Waals surface area contributed by atoms with Crippen LogP contribution in [0, 0.1) is 0 Å². The Bertz CT molecular complexity index is 1180. The van der Waals surface area contributed by atoms with Crippen LogP contribution in [0.25, 0.3) is 21.4 Å². The lowest BCUT2D eigenvalue weighted by atomic mass is 10.0. The van der Waals surface area contributed by atoms with Gasteiger partial charge in [0.15, 0.2) is 11.5 Å². The molecule has 1 amide bonds. The van der Waals surface area contributed by atoms with Crippen molar-refractivity contribution in [3.05, 3.63) is 51.5 Å². The maximum absolute atomic E-state index is 12.7. The monoisotopic (exact) mass is 469 g/mol. The molecule has 2 saturated heterocycles. The van der Waals surface area contributed by atoms with Gasteiger partial charge in [-0.25, -0.2) is 0 Å². The molecule has 2 aliphatic heterocycles. The average Bonchev–Trinajstić information content (AvgIpc) is 3.30. The zero-order valence-corrected chi connectivity index (χ0v) is 19.2. The Morgan fingerprint density at radius 3 is 2.58 bits per heavy atom. The van der Waals surface area contributed by atoms with Gasteiger partial charge in [-0.2, -0.15) is 0 Å². The molecule has 5 rings (SSSR count). The largest absolute Gasteiger partial charge is 0.439 e.